The van der Waals surface area contributed by atoms with Crippen LogP contribution < -0.4 is 10.0 Å². The van der Waals surface area contributed by atoms with Gasteiger partial charge in [0.25, 0.3) is 0 Å². The van der Waals surface area contributed by atoms with E-state index >= 15 is 0 Å². The fourth-order valence-electron chi connectivity index (χ4n) is 0.982. The molecule has 0 saturated heterocycles. The number of rotatable bonds is 5. The van der Waals surface area contributed by atoms with Crippen molar-refractivity contribution in [3.63, 3.8) is 0 Å². The summed E-state index contributed by atoms with van der Waals surface area (Å²) in [5, 5.41) is 10.1. The van der Waals surface area contributed by atoms with Crippen LogP contribution in [0.15, 0.2) is 0 Å². The first kappa shape index (κ1) is 15.9. The van der Waals surface area contributed by atoms with Crippen LogP contribution in [0.1, 0.15) is 34.1 Å². The van der Waals surface area contributed by atoms with Crippen LogP contribution in [0.2, 0.25) is 0 Å². The third-order valence-electron chi connectivity index (χ3n) is 1.82. The summed E-state index contributed by atoms with van der Waals surface area (Å²) in [5.74, 6) is -0.232. The molecule has 0 bridgehead atoms. The lowest BCUT2D eigenvalue weighted by molar-refractivity contribution is -0.122. The van der Waals surface area contributed by atoms with Crippen LogP contribution in [-0.2, 0) is 14.8 Å². The highest BCUT2D eigenvalue weighted by molar-refractivity contribution is 7.90. The minimum Gasteiger partial charge on any atom is -0.351 e. The van der Waals surface area contributed by atoms with E-state index in [9.17, 15) is 13.2 Å². The first-order chi connectivity index (χ1) is 7.58. The number of sulfonamides is 1. The van der Waals surface area contributed by atoms with Crippen molar-refractivity contribution in [2.24, 2.45) is 0 Å². The Balaban J connectivity index is 4.10. The Morgan fingerprint density at radius 3 is 2.35 bits per heavy atom. The smallest absolute Gasteiger partial charge is 0.227 e. The van der Waals surface area contributed by atoms with E-state index < -0.39 is 15.3 Å². The fourth-order valence-corrected chi connectivity index (χ4v) is 1.76. The van der Waals surface area contributed by atoms with Gasteiger partial charge in [0.1, 0.15) is 0 Å². The molecule has 2 N–H and O–H groups in total. The quantitative estimate of drug-likeness (QED) is 0.734. The van der Waals surface area contributed by atoms with E-state index in [0.717, 1.165) is 0 Å². The molecular formula is C10H19N3O3S. The third kappa shape index (κ3) is 6.92. The minimum absolute atomic E-state index is 0.00370. The molecule has 0 saturated carbocycles. The Labute approximate surface area is 102 Å². The highest BCUT2D eigenvalue weighted by atomic mass is 32.2. The zero-order valence-corrected chi connectivity index (χ0v) is 11.4. The van der Waals surface area contributed by atoms with Crippen LogP contribution in [0.5, 0.6) is 0 Å². The molecule has 0 spiro atoms. The predicted octanol–water partition coefficient (Wildman–Crippen LogP) is 0.123. The summed E-state index contributed by atoms with van der Waals surface area (Å²) < 4.78 is 24.9. The molecule has 0 aliphatic rings. The Morgan fingerprint density at radius 2 is 1.94 bits per heavy atom. The van der Waals surface area contributed by atoms with E-state index in [1.165, 1.54) is 6.92 Å². The molecular weight excluding hydrogens is 242 g/mol. The van der Waals surface area contributed by atoms with Crippen molar-refractivity contribution in [3.8, 4) is 6.07 Å². The van der Waals surface area contributed by atoms with Crippen molar-refractivity contribution in [3.05, 3.63) is 0 Å². The first-order valence-corrected chi connectivity index (χ1v) is 6.82. The maximum Gasteiger partial charge on any atom is 0.227 e. The van der Waals surface area contributed by atoms with E-state index in [0.29, 0.717) is 0 Å². The molecule has 1 atom stereocenters. The largest absolute Gasteiger partial charge is 0.351 e. The summed E-state index contributed by atoms with van der Waals surface area (Å²) >= 11 is 0. The molecule has 0 aliphatic carbocycles. The van der Waals surface area contributed by atoms with Crippen molar-refractivity contribution in [1.82, 2.24) is 10.0 Å². The van der Waals surface area contributed by atoms with Crippen LogP contribution in [0.3, 0.4) is 0 Å². The fraction of sp³-hybridized carbons (Fsp3) is 0.800. The molecule has 1 amide bonds. The molecule has 98 valence electrons. The van der Waals surface area contributed by atoms with Gasteiger partial charge in [-0.1, -0.05) is 0 Å². The molecule has 0 rings (SSSR count). The molecule has 1 unspecified atom stereocenters. The summed E-state index contributed by atoms with van der Waals surface area (Å²) in [6.45, 7) is 6.81. The van der Waals surface area contributed by atoms with Gasteiger partial charge in [-0.3, -0.25) is 4.79 Å². The molecule has 0 aromatic carbocycles. The number of nitriles is 1. The van der Waals surface area contributed by atoms with Gasteiger partial charge in [-0.15, -0.1) is 0 Å². The van der Waals surface area contributed by atoms with Crippen molar-refractivity contribution in [2.45, 2.75) is 44.9 Å². The topological polar surface area (TPSA) is 99.1 Å². The summed E-state index contributed by atoms with van der Waals surface area (Å²) in [6.07, 6.45) is 0.0502. The maximum atomic E-state index is 11.4. The Kier molecular flexibility index (Phi) is 5.58. The van der Waals surface area contributed by atoms with Crippen LogP contribution in [0, 0.1) is 11.3 Å². The highest BCUT2D eigenvalue weighted by Gasteiger charge is 2.20. The number of nitrogens with one attached hydrogen (secondary N) is 2. The molecule has 0 fully saturated rings. The molecule has 17 heavy (non-hydrogen) atoms. The van der Waals surface area contributed by atoms with Gasteiger partial charge in [-0.25, -0.2) is 13.1 Å². The third-order valence-corrected chi connectivity index (χ3v) is 3.46. The van der Waals surface area contributed by atoms with E-state index in [4.69, 9.17) is 5.26 Å². The number of hydrogen-bond acceptors (Lipinski definition) is 4. The molecule has 0 aliphatic heterocycles. The number of nitrogens with zero attached hydrogens (tertiary/aromatic N) is 1. The second kappa shape index (κ2) is 5.98. The predicted molar refractivity (Wildman–Crippen MR) is 64.5 cm³/mol. The summed E-state index contributed by atoms with van der Waals surface area (Å²) in [5.41, 5.74) is -0.337. The number of carbonyl (C=O) groups excluding carboxylic acids is 1. The van der Waals surface area contributed by atoms with Crippen LogP contribution in [0.4, 0.5) is 0 Å². The Hall–Kier alpha value is -1.13. The second-order valence-electron chi connectivity index (χ2n) is 4.76. The zero-order valence-electron chi connectivity index (χ0n) is 10.6. The Morgan fingerprint density at radius 1 is 1.41 bits per heavy atom. The monoisotopic (exact) mass is 261 g/mol. The van der Waals surface area contributed by atoms with E-state index in [2.05, 4.69) is 10.0 Å². The summed E-state index contributed by atoms with van der Waals surface area (Å²) in [4.78, 5) is 11.4. The van der Waals surface area contributed by atoms with Gasteiger partial charge >= 0.3 is 0 Å². The minimum atomic E-state index is -3.64. The normalized spacial score (nSPS) is 13.8. The molecule has 0 radical (unpaired) electrons. The SMILES string of the molecule is CC(C#N)S(=O)(=O)NCCC(=O)NC(C)(C)C. The average Bonchev–Trinajstić information content (AvgIpc) is 2.13. The molecule has 0 aromatic heterocycles. The van der Waals surface area contributed by atoms with Crippen molar-refractivity contribution in [2.75, 3.05) is 6.54 Å². The zero-order chi connectivity index (χ0) is 13.7. The van der Waals surface area contributed by atoms with Crippen molar-refractivity contribution in [1.29, 1.82) is 5.26 Å². The van der Waals surface area contributed by atoms with E-state index in [1.807, 2.05) is 20.8 Å². The van der Waals surface area contributed by atoms with Gasteiger partial charge in [0.05, 0.1) is 6.07 Å². The van der Waals surface area contributed by atoms with Crippen LogP contribution in [0.25, 0.3) is 0 Å². The first-order valence-electron chi connectivity index (χ1n) is 5.27. The number of carbonyl (C=O) groups is 1. The van der Waals surface area contributed by atoms with Crippen LogP contribution >= 0.6 is 0 Å². The second-order valence-corrected chi connectivity index (χ2v) is 6.84. The number of hydrogen-bond donors (Lipinski definition) is 2. The van der Waals surface area contributed by atoms with E-state index in [1.54, 1.807) is 6.07 Å². The summed E-state index contributed by atoms with van der Waals surface area (Å²) in [6, 6.07) is 1.63. The number of amides is 1. The molecule has 0 aromatic rings. The molecule has 6 nitrogen and oxygen atoms in total. The van der Waals surface area contributed by atoms with Crippen LogP contribution in [-0.4, -0.2) is 31.7 Å². The van der Waals surface area contributed by atoms with E-state index in [-0.39, 0.29) is 24.4 Å². The van der Waals surface area contributed by atoms with Gasteiger partial charge < -0.3 is 5.32 Å². The Bertz CT molecular complexity index is 403. The van der Waals surface area contributed by atoms with Gasteiger partial charge in [0.2, 0.25) is 15.9 Å². The lowest BCUT2D eigenvalue weighted by Gasteiger charge is -2.20. The van der Waals surface area contributed by atoms with Crippen molar-refractivity contribution < 1.29 is 13.2 Å². The summed E-state index contributed by atoms with van der Waals surface area (Å²) in [7, 11) is -3.64. The average molecular weight is 261 g/mol. The highest BCUT2D eigenvalue weighted by Crippen LogP contribution is 1.99. The van der Waals surface area contributed by atoms with Gasteiger partial charge in [-0.2, -0.15) is 5.26 Å². The standard InChI is InChI=1S/C10H19N3O3S/c1-8(7-11)17(15,16)12-6-5-9(14)13-10(2,3)4/h8,12H,5-6H2,1-4H3,(H,13,14). The van der Waals surface area contributed by atoms with Gasteiger partial charge in [0, 0.05) is 18.5 Å². The maximum absolute atomic E-state index is 11.4. The lowest BCUT2D eigenvalue weighted by atomic mass is 10.1. The lowest BCUT2D eigenvalue weighted by Crippen LogP contribution is -2.42. The van der Waals surface area contributed by atoms with Gasteiger partial charge in [-0.05, 0) is 27.7 Å². The molecule has 7 heteroatoms. The van der Waals surface area contributed by atoms with Crippen molar-refractivity contribution >= 4 is 15.9 Å². The van der Waals surface area contributed by atoms with Gasteiger partial charge in [0.15, 0.2) is 5.25 Å². The molecule has 0 heterocycles.